The van der Waals surface area contributed by atoms with Crippen LogP contribution in [0, 0.1) is 13.8 Å². The lowest BCUT2D eigenvalue weighted by Crippen LogP contribution is -2.35. The number of carbonyl (C=O) groups excluding carboxylic acids is 3. The number of primary amides is 1. The number of nitrogens with zero attached hydrogens (tertiary/aromatic N) is 2. The number of aryl methyl sites for hydroxylation is 1. The zero-order valence-electron chi connectivity index (χ0n) is 16.6. The molecule has 0 bridgehead atoms. The van der Waals surface area contributed by atoms with Crippen molar-refractivity contribution in [1.82, 2.24) is 9.78 Å². The van der Waals surface area contributed by atoms with E-state index in [1.165, 1.54) is 12.1 Å². The van der Waals surface area contributed by atoms with Crippen LogP contribution in [0.4, 0.5) is 11.5 Å². The van der Waals surface area contributed by atoms with Crippen molar-refractivity contribution >= 4 is 29.2 Å². The number of hydrogen-bond acceptors (Lipinski definition) is 4. The van der Waals surface area contributed by atoms with E-state index in [1.54, 1.807) is 16.8 Å². The van der Waals surface area contributed by atoms with Gasteiger partial charge >= 0.3 is 0 Å². The number of anilines is 2. The summed E-state index contributed by atoms with van der Waals surface area (Å²) in [6.45, 7) is 3.88. The third kappa shape index (κ3) is 3.55. The molecule has 0 unspecified atom stereocenters. The van der Waals surface area contributed by atoms with Crippen LogP contribution >= 0.6 is 0 Å². The van der Waals surface area contributed by atoms with Crippen LogP contribution < -0.4 is 16.4 Å². The summed E-state index contributed by atoms with van der Waals surface area (Å²) in [6.07, 6.45) is -0.0212. The topological polar surface area (TPSA) is 119 Å². The van der Waals surface area contributed by atoms with Crippen molar-refractivity contribution in [2.24, 2.45) is 5.73 Å². The van der Waals surface area contributed by atoms with Gasteiger partial charge in [0.1, 0.15) is 11.9 Å². The summed E-state index contributed by atoms with van der Waals surface area (Å²) in [7, 11) is 0. The fraction of sp³-hybridized carbons (Fsp3) is 0.182. The number of hydrogen-bond donors (Lipinski definition) is 3. The smallest absolute Gasteiger partial charge is 0.249 e. The van der Waals surface area contributed by atoms with Gasteiger partial charge in [-0.2, -0.15) is 5.10 Å². The fourth-order valence-corrected chi connectivity index (χ4v) is 3.47. The van der Waals surface area contributed by atoms with Gasteiger partial charge in [-0.1, -0.05) is 29.8 Å². The average molecular weight is 403 g/mol. The first-order valence-electron chi connectivity index (χ1n) is 9.50. The van der Waals surface area contributed by atoms with Gasteiger partial charge in [-0.3, -0.25) is 14.4 Å². The molecule has 2 heterocycles. The quantitative estimate of drug-likeness (QED) is 0.620. The van der Waals surface area contributed by atoms with Crippen molar-refractivity contribution in [3.05, 3.63) is 65.2 Å². The monoisotopic (exact) mass is 403 g/mol. The number of nitrogens with one attached hydrogen (secondary N) is 2. The van der Waals surface area contributed by atoms with E-state index < -0.39 is 11.9 Å². The molecule has 1 aliphatic rings. The molecule has 4 rings (SSSR count). The highest BCUT2D eigenvalue weighted by molar-refractivity contribution is 6.02. The Labute approximate surface area is 173 Å². The minimum absolute atomic E-state index is 0.0212. The molecule has 30 heavy (non-hydrogen) atoms. The second-order valence-electron chi connectivity index (χ2n) is 7.33. The Morgan fingerprint density at radius 2 is 1.77 bits per heavy atom. The molecule has 8 nitrogen and oxygen atoms in total. The molecular formula is C22H21N5O3. The summed E-state index contributed by atoms with van der Waals surface area (Å²) in [5.41, 5.74) is 9.65. The zero-order valence-corrected chi connectivity index (χ0v) is 16.6. The molecule has 4 N–H and O–H groups in total. The molecule has 1 aromatic heterocycles. The Balaban J connectivity index is 1.65. The van der Waals surface area contributed by atoms with Crippen LogP contribution in [0.3, 0.4) is 0 Å². The van der Waals surface area contributed by atoms with E-state index in [9.17, 15) is 14.4 Å². The first-order valence-corrected chi connectivity index (χ1v) is 9.50. The summed E-state index contributed by atoms with van der Waals surface area (Å²) < 4.78 is 1.57. The molecule has 0 saturated heterocycles. The standard InChI is InChI=1S/C22H21N5O3/c1-12-3-5-14(6-4-12)19-13(2)21-25-18(28)11-17(27(21)26-19)22(30)24-16-9-7-15(8-10-16)20(23)29/h3-10,17H,11H2,1-2H3,(H2,23,29)(H,24,30)(H,25,28)/t17-/m1/s1. The molecule has 152 valence electrons. The minimum atomic E-state index is -0.789. The van der Waals surface area contributed by atoms with Crippen LogP contribution in [0.15, 0.2) is 48.5 Å². The Kier molecular flexibility index (Phi) is 4.83. The van der Waals surface area contributed by atoms with Gasteiger partial charge in [0.05, 0.1) is 12.1 Å². The lowest BCUT2D eigenvalue weighted by molar-refractivity contribution is -0.125. The van der Waals surface area contributed by atoms with E-state index in [0.29, 0.717) is 17.1 Å². The van der Waals surface area contributed by atoms with Gasteiger partial charge in [-0.05, 0) is 38.1 Å². The summed E-state index contributed by atoms with van der Waals surface area (Å²) in [5.74, 6) is -0.635. The van der Waals surface area contributed by atoms with Crippen LogP contribution in [0.5, 0.6) is 0 Å². The van der Waals surface area contributed by atoms with Gasteiger partial charge in [-0.15, -0.1) is 0 Å². The van der Waals surface area contributed by atoms with Gasteiger partial charge < -0.3 is 16.4 Å². The number of nitrogens with two attached hydrogens (primary N) is 1. The Bertz CT molecular complexity index is 1150. The minimum Gasteiger partial charge on any atom is -0.366 e. The number of fused-ring (bicyclic) bond motifs is 1. The largest absolute Gasteiger partial charge is 0.366 e. The predicted octanol–water partition coefficient (Wildman–Crippen LogP) is 2.79. The number of carbonyl (C=O) groups is 3. The molecule has 3 amide bonds. The van der Waals surface area contributed by atoms with Crippen molar-refractivity contribution in [1.29, 1.82) is 0 Å². The van der Waals surface area contributed by atoms with E-state index in [1.807, 2.05) is 38.1 Å². The van der Waals surface area contributed by atoms with Crippen LogP contribution in [0.25, 0.3) is 11.3 Å². The molecule has 1 atom stereocenters. The van der Waals surface area contributed by atoms with Crippen molar-refractivity contribution in [2.45, 2.75) is 26.3 Å². The van der Waals surface area contributed by atoms with Crippen molar-refractivity contribution < 1.29 is 14.4 Å². The zero-order chi connectivity index (χ0) is 21.4. The van der Waals surface area contributed by atoms with E-state index in [0.717, 1.165) is 22.4 Å². The van der Waals surface area contributed by atoms with Gasteiger partial charge in [0.25, 0.3) is 0 Å². The van der Waals surface area contributed by atoms with Crippen LogP contribution in [-0.4, -0.2) is 27.5 Å². The Hall–Kier alpha value is -3.94. The molecule has 0 aliphatic carbocycles. The van der Waals surface area contributed by atoms with Gasteiger partial charge in [-0.25, -0.2) is 4.68 Å². The highest BCUT2D eigenvalue weighted by atomic mass is 16.2. The van der Waals surface area contributed by atoms with Crippen molar-refractivity contribution in [3.8, 4) is 11.3 Å². The molecule has 2 aromatic carbocycles. The highest BCUT2D eigenvalue weighted by Crippen LogP contribution is 2.34. The molecule has 0 fully saturated rings. The number of amides is 3. The highest BCUT2D eigenvalue weighted by Gasteiger charge is 2.34. The molecule has 0 spiro atoms. The lowest BCUT2D eigenvalue weighted by atomic mass is 10.1. The fourth-order valence-electron chi connectivity index (χ4n) is 3.47. The van der Waals surface area contributed by atoms with Crippen molar-refractivity contribution in [2.75, 3.05) is 10.6 Å². The molecule has 3 aromatic rings. The van der Waals surface area contributed by atoms with Gasteiger partial charge in [0.15, 0.2) is 0 Å². The van der Waals surface area contributed by atoms with Gasteiger partial charge in [0.2, 0.25) is 17.7 Å². The summed E-state index contributed by atoms with van der Waals surface area (Å²) in [6, 6.07) is 13.4. The second kappa shape index (κ2) is 7.47. The molecular weight excluding hydrogens is 382 g/mol. The van der Waals surface area contributed by atoms with E-state index >= 15 is 0 Å². The third-order valence-corrected chi connectivity index (χ3v) is 5.14. The van der Waals surface area contributed by atoms with Crippen LogP contribution in [0.1, 0.15) is 33.9 Å². The number of benzene rings is 2. The third-order valence-electron chi connectivity index (χ3n) is 5.14. The van der Waals surface area contributed by atoms with Crippen LogP contribution in [0.2, 0.25) is 0 Å². The Morgan fingerprint density at radius 3 is 2.40 bits per heavy atom. The van der Waals surface area contributed by atoms with E-state index in [-0.39, 0.29) is 18.2 Å². The first kappa shape index (κ1) is 19.4. The number of rotatable bonds is 4. The maximum atomic E-state index is 13.0. The normalized spacial score (nSPS) is 15.3. The molecule has 0 radical (unpaired) electrons. The SMILES string of the molecule is Cc1ccc(-c2nn3c(c2C)NC(=O)C[C@@H]3C(=O)Nc2ccc(C(N)=O)cc2)cc1. The Morgan fingerprint density at radius 1 is 1.10 bits per heavy atom. The predicted molar refractivity (Wildman–Crippen MR) is 113 cm³/mol. The van der Waals surface area contributed by atoms with Gasteiger partial charge in [0, 0.05) is 22.4 Å². The first-order chi connectivity index (χ1) is 14.3. The lowest BCUT2D eigenvalue weighted by Gasteiger charge is -2.24. The summed E-state index contributed by atoms with van der Waals surface area (Å²) in [4.78, 5) is 36.4. The maximum absolute atomic E-state index is 13.0. The van der Waals surface area contributed by atoms with E-state index in [4.69, 9.17) is 5.73 Å². The van der Waals surface area contributed by atoms with Crippen molar-refractivity contribution in [3.63, 3.8) is 0 Å². The number of aromatic nitrogens is 2. The average Bonchev–Trinajstić information content (AvgIpc) is 3.05. The molecule has 0 saturated carbocycles. The van der Waals surface area contributed by atoms with E-state index in [2.05, 4.69) is 15.7 Å². The second-order valence-corrected chi connectivity index (χ2v) is 7.33. The molecule has 8 heteroatoms. The summed E-state index contributed by atoms with van der Waals surface area (Å²) in [5, 5.41) is 10.3. The summed E-state index contributed by atoms with van der Waals surface area (Å²) >= 11 is 0. The van der Waals surface area contributed by atoms with Crippen LogP contribution in [-0.2, 0) is 9.59 Å². The maximum Gasteiger partial charge on any atom is 0.249 e. The molecule has 1 aliphatic heterocycles.